The minimum absolute atomic E-state index is 0.715. The molecule has 0 fully saturated rings. The van der Waals surface area contributed by atoms with Gasteiger partial charge in [0.2, 0.25) is 0 Å². The van der Waals surface area contributed by atoms with E-state index < -0.39 is 7.25 Å². The van der Waals surface area contributed by atoms with Crippen molar-refractivity contribution in [2.75, 3.05) is 0 Å². The first kappa shape index (κ1) is 7.33. The van der Waals surface area contributed by atoms with Crippen LogP contribution in [0.1, 0.15) is 0 Å². The molecule has 2 rings (SSSR count). The van der Waals surface area contributed by atoms with Gasteiger partial charge >= 0.3 is 7.25 Å². The number of benzene rings is 1. The first-order chi connectivity index (χ1) is 5.79. The lowest BCUT2D eigenvalue weighted by atomic mass is 10.1. The molecule has 0 unspecified atom stereocenters. The minimum atomic E-state index is -1.52. The molecule has 0 spiro atoms. The van der Waals surface area contributed by atoms with Crippen molar-refractivity contribution in [3.63, 3.8) is 0 Å². The fraction of sp³-hybridized carbons (Fsp3) is 0. The number of hydrogen-bond acceptors (Lipinski definition) is 3. The molecule has 1 aromatic carbocycles. The zero-order valence-corrected chi connectivity index (χ0v) is 6.25. The fourth-order valence-electron chi connectivity index (χ4n) is 1.16. The van der Waals surface area contributed by atoms with Gasteiger partial charge in [-0.15, -0.1) is 0 Å². The van der Waals surface area contributed by atoms with Crippen LogP contribution < -0.4 is 0 Å². The smallest absolute Gasteiger partial charge is 0.407 e. The zero-order valence-electron chi connectivity index (χ0n) is 6.25. The van der Waals surface area contributed by atoms with E-state index in [1.54, 1.807) is 6.07 Å². The maximum Gasteiger partial charge on any atom is 0.593 e. The van der Waals surface area contributed by atoms with Gasteiger partial charge in [0.05, 0.1) is 17.4 Å². The topological polar surface area (TPSA) is 58.3 Å². The molecule has 0 atom stereocenters. The van der Waals surface area contributed by atoms with E-state index in [1.165, 1.54) is 10.8 Å². The van der Waals surface area contributed by atoms with Crippen LogP contribution in [0.25, 0.3) is 11.0 Å². The van der Waals surface area contributed by atoms with Crippen LogP contribution in [0.4, 0.5) is 0 Å². The van der Waals surface area contributed by atoms with Crippen molar-refractivity contribution in [3.8, 4) is 0 Å². The summed E-state index contributed by atoms with van der Waals surface area (Å²) in [6.45, 7) is 0. The van der Waals surface area contributed by atoms with E-state index in [0.717, 1.165) is 5.52 Å². The van der Waals surface area contributed by atoms with Crippen LogP contribution in [0.2, 0.25) is 0 Å². The number of rotatable bonds is 1. The highest BCUT2D eigenvalue weighted by atomic mass is 16.4. The molecule has 0 bridgehead atoms. The number of para-hydroxylation sites is 2. The molecular weight excluding hydrogens is 155 g/mol. The Morgan fingerprint density at radius 2 is 2.00 bits per heavy atom. The summed E-state index contributed by atoms with van der Waals surface area (Å²) in [4.78, 5) is 3.98. The molecule has 0 radical (unpaired) electrons. The molecule has 0 amide bonds. The Bertz CT molecular complexity index is 399. The van der Waals surface area contributed by atoms with Gasteiger partial charge in [0.15, 0.2) is 0 Å². The average molecular weight is 162 g/mol. The third-order valence-corrected chi connectivity index (χ3v) is 1.73. The van der Waals surface area contributed by atoms with Crippen LogP contribution in [-0.4, -0.2) is 26.8 Å². The summed E-state index contributed by atoms with van der Waals surface area (Å²) in [6, 6.07) is 7.27. The Morgan fingerprint density at radius 1 is 1.25 bits per heavy atom. The summed E-state index contributed by atoms with van der Waals surface area (Å²) < 4.78 is 1.29. The van der Waals surface area contributed by atoms with Gasteiger partial charge in [-0.2, -0.15) is 0 Å². The second-order valence-corrected chi connectivity index (χ2v) is 2.49. The minimum Gasteiger partial charge on any atom is -0.407 e. The summed E-state index contributed by atoms with van der Waals surface area (Å²) in [5.41, 5.74) is 1.47. The first-order valence-corrected chi connectivity index (χ1v) is 3.57. The number of aromatic nitrogens is 2. The SMILES string of the molecule is OB(O)n1cnc2ccccc21. The molecule has 0 saturated carbocycles. The van der Waals surface area contributed by atoms with Crippen LogP contribution in [-0.2, 0) is 0 Å². The Morgan fingerprint density at radius 3 is 2.75 bits per heavy atom. The second-order valence-electron chi connectivity index (χ2n) is 2.49. The molecule has 0 aliphatic carbocycles. The van der Waals surface area contributed by atoms with Gasteiger partial charge < -0.3 is 14.5 Å². The van der Waals surface area contributed by atoms with E-state index >= 15 is 0 Å². The van der Waals surface area contributed by atoms with Crippen LogP contribution in [0.15, 0.2) is 30.6 Å². The summed E-state index contributed by atoms with van der Waals surface area (Å²) in [5, 5.41) is 17.8. The third kappa shape index (κ3) is 0.994. The molecule has 0 aliphatic heterocycles. The highest BCUT2D eigenvalue weighted by Gasteiger charge is 2.13. The van der Waals surface area contributed by atoms with E-state index in [0.29, 0.717) is 5.52 Å². The van der Waals surface area contributed by atoms with E-state index in [4.69, 9.17) is 10.0 Å². The predicted molar refractivity (Wildman–Crippen MR) is 45.3 cm³/mol. The molecular formula is C7H7BN2O2. The predicted octanol–water partition coefficient (Wildman–Crippen LogP) is -0.146. The number of nitrogens with zero attached hydrogens (tertiary/aromatic N) is 2. The van der Waals surface area contributed by atoms with Crippen LogP contribution in [0, 0.1) is 0 Å². The van der Waals surface area contributed by atoms with Crippen molar-refractivity contribution in [1.82, 2.24) is 9.46 Å². The van der Waals surface area contributed by atoms with Gasteiger partial charge in [0.25, 0.3) is 0 Å². The molecule has 5 heteroatoms. The average Bonchev–Trinajstić information content (AvgIpc) is 2.47. The van der Waals surface area contributed by atoms with Crippen molar-refractivity contribution < 1.29 is 10.0 Å². The summed E-state index contributed by atoms with van der Waals surface area (Å²) >= 11 is 0. The van der Waals surface area contributed by atoms with Gasteiger partial charge in [0.1, 0.15) is 0 Å². The quantitative estimate of drug-likeness (QED) is 0.573. The molecule has 4 nitrogen and oxygen atoms in total. The van der Waals surface area contributed by atoms with Gasteiger partial charge in [-0.3, -0.25) is 0 Å². The summed E-state index contributed by atoms with van der Waals surface area (Å²) in [7, 11) is -1.52. The van der Waals surface area contributed by atoms with Crippen LogP contribution in [0.5, 0.6) is 0 Å². The second kappa shape index (κ2) is 2.62. The molecule has 1 heterocycles. The third-order valence-electron chi connectivity index (χ3n) is 1.73. The molecule has 0 saturated heterocycles. The van der Waals surface area contributed by atoms with Crippen molar-refractivity contribution in [2.24, 2.45) is 0 Å². The lowest BCUT2D eigenvalue weighted by molar-refractivity contribution is 0.393. The highest BCUT2D eigenvalue weighted by Crippen LogP contribution is 2.10. The van der Waals surface area contributed by atoms with Crippen molar-refractivity contribution in [3.05, 3.63) is 30.6 Å². The largest absolute Gasteiger partial charge is 0.593 e. The van der Waals surface area contributed by atoms with Gasteiger partial charge in [-0.25, -0.2) is 4.98 Å². The molecule has 60 valence electrons. The Hall–Kier alpha value is -1.33. The number of hydrogen-bond donors (Lipinski definition) is 2. The van der Waals surface area contributed by atoms with Gasteiger partial charge in [0, 0.05) is 0 Å². The fourth-order valence-corrected chi connectivity index (χ4v) is 1.16. The molecule has 0 aliphatic rings. The van der Waals surface area contributed by atoms with E-state index in [1.807, 2.05) is 18.2 Å². The highest BCUT2D eigenvalue weighted by molar-refractivity contribution is 6.40. The van der Waals surface area contributed by atoms with E-state index in [9.17, 15) is 0 Å². The maximum atomic E-state index is 8.89. The molecule has 2 aromatic rings. The van der Waals surface area contributed by atoms with Gasteiger partial charge in [-0.1, -0.05) is 12.1 Å². The van der Waals surface area contributed by atoms with Crippen molar-refractivity contribution >= 4 is 18.3 Å². The Kier molecular flexibility index (Phi) is 1.60. The van der Waals surface area contributed by atoms with Crippen LogP contribution >= 0.6 is 0 Å². The van der Waals surface area contributed by atoms with Crippen molar-refractivity contribution in [2.45, 2.75) is 0 Å². The molecule has 1 aromatic heterocycles. The number of imidazole rings is 1. The lowest BCUT2D eigenvalue weighted by Crippen LogP contribution is -2.22. The summed E-state index contributed by atoms with van der Waals surface area (Å²) in [6.07, 6.45) is 1.40. The van der Waals surface area contributed by atoms with Crippen molar-refractivity contribution in [1.29, 1.82) is 0 Å². The maximum absolute atomic E-state index is 8.89. The van der Waals surface area contributed by atoms with Crippen LogP contribution in [0.3, 0.4) is 0 Å². The standard InChI is InChI=1S/C7H7BN2O2/c11-8(12)10-5-9-6-3-1-2-4-7(6)10/h1-5,11-12H. The van der Waals surface area contributed by atoms with Gasteiger partial charge in [-0.05, 0) is 12.1 Å². The first-order valence-electron chi connectivity index (χ1n) is 3.57. The molecule has 2 N–H and O–H groups in total. The zero-order chi connectivity index (χ0) is 8.55. The molecule has 12 heavy (non-hydrogen) atoms. The number of fused-ring (bicyclic) bond motifs is 1. The normalized spacial score (nSPS) is 10.5. The Balaban J connectivity index is 2.70. The van der Waals surface area contributed by atoms with E-state index in [2.05, 4.69) is 4.98 Å². The summed E-state index contributed by atoms with van der Waals surface area (Å²) in [5.74, 6) is 0. The van der Waals surface area contributed by atoms with E-state index in [-0.39, 0.29) is 0 Å². The lowest BCUT2D eigenvalue weighted by Gasteiger charge is -1.99. The Labute approximate surface area is 69.3 Å². The monoisotopic (exact) mass is 162 g/mol.